The molecule has 1 atom stereocenters. The van der Waals surface area contributed by atoms with Crippen molar-refractivity contribution in [2.24, 2.45) is 5.92 Å². The summed E-state index contributed by atoms with van der Waals surface area (Å²) in [4.78, 5) is 11.9. The maximum Gasteiger partial charge on any atom is 0.208 e. The number of nitrogens with zero attached hydrogens (tertiary/aromatic N) is 3. The summed E-state index contributed by atoms with van der Waals surface area (Å²) >= 11 is 0. The number of benzene rings is 2. The molecule has 146 valence electrons. The van der Waals surface area contributed by atoms with E-state index < -0.39 is 10.0 Å². The average Bonchev–Trinajstić information content (AvgIpc) is 2.72. The predicted octanol–water partition coefficient (Wildman–Crippen LogP) is 3.06. The molecule has 1 aromatic heterocycles. The molecule has 1 saturated heterocycles. The van der Waals surface area contributed by atoms with E-state index in [1.807, 2.05) is 48.5 Å². The molecular formula is C21H24N4O2S. The van der Waals surface area contributed by atoms with Gasteiger partial charge in [-0.3, -0.25) is 0 Å². The highest BCUT2D eigenvalue weighted by Crippen LogP contribution is 2.30. The third kappa shape index (κ3) is 4.31. The fourth-order valence-corrected chi connectivity index (χ4v) is 4.25. The first-order valence-electron chi connectivity index (χ1n) is 9.51. The van der Waals surface area contributed by atoms with Crippen molar-refractivity contribution in [2.45, 2.75) is 12.8 Å². The Morgan fingerprint density at radius 3 is 2.61 bits per heavy atom. The van der Waals surface area contributed by atoms with Crippen molar-refractivity contribution in [3.05, 3.63) is 54.6 Å². The average molecular weight is 397 g/mol. The minimum absolute atomic E-state index is 0.261. The van der Waals surface area contributed by atoms with Crippen molar-refractivity contribution < 1.29 is 8.42 Å². The molecule has 1 aliphatic heterocycles. The molecule has 1 unspecified atom stereocenters. The number of aromatic nitrogens is 2. The van der Waals surface area contributed by atoms with Crippen molar-refractivity contribution >= 4 is 26.7 Å². The highest BCUT2D eigenvalue weighted by molar-refractivity contribution is 7.88. The molecule has 0 spiro atoms. The van der Waals surface area contributed by atoms with Crippen molar-refractivity contribution in [2.75, 3.05) is 30.8 Å². The summed E-state index contributed by atoms with van der Waals surface area (Å²) in [6, 6.07) is 18.0. The van der Waals surface area contributed by atoms with Crippen LogP contribution >= 0.6 is 0 Å². The normalized spacial score (nSPS) is 17.8. The Labute approximate surface area is 165 Å². The summed E-state index contributed by atoms with van der Waals surface area (Å²) in [7, 11) is -3.18. The molecule has 0 bridgehead atoms. The van der Waals surface area contributed by atoms with Crippen LogP contribution in [0.3, 0.4) is 0 Å². The highest BCUT2D eigenvalue weighted by atomic mass is 32.2. The van der Waals surface area contributed by atoms with E-state index in [4.69, 9.17) is 9.97 Å². The predicted molar refractivity (Wildman–Crippen MR) is 113 cm³/mol. The Balaban J connectivity index is 1.69. The smallest absolute Gasteiger partial charge is 0.208 e. The lowest BCUT2D eigenvalue weighted by molar-refractivity contribution is 0.410. The maximum atomic E-state index is 11.5. The van der Waals surface area contributed by atoms with Gasteiger partial charge < -0.3 is 4.90 Å². The Bertz CT molecular complexity index is 1070. The van der Waals surface area contributed by atoms with Gasteiger partial charge in [-0.15, -0.1) is 0 Å². The number of hydrogen-bond donors (Lipinski definition) is 1. The standard InChI is InChI=1S/C21H24N4O2S/c1-28(26,27)22-14-16-8-7-13-25(15-16)21-18-11-5-6-12-19(18)23-20(24-21)17-9-3-2-4-10-17/h2-6,9-12,16,22H,7-8,13-15H2,1H3. The summed E-state index contributed by atoms with van der Waals surface area (Å²) in [5, 5.41) is 1.03. The fraction of sp³-hybridized carbons (Fsp3) is 0.333. The van der Waals surface area contributed by atoms with Crippen molar-refractivity contribution in [3.8, 4) is 11.4 Å². The van der Waals surface area contributed by atoms with Gasteiger partial charge in [-0.2, -0.15) is 0 Å². The SMILES string of the molecule is CS(=O)(=O)NCC1CCCN(c2nc(-c3ccccc3)nc3ccccc23)C1. The van der Waals surface area contributed by atoms with E-state index in [-0.39, 0.29) is 5.92 Å². The van der Waals surface area contributed by atoms with Crippen LogP contribution in [0.5, 0.6) is 0 Å². The first-order valence-corrected chi connectivity index (χ1v) is 11.4. The van der Waals surface area contributed by atoms with E-state index in [0.29, 0.717) is 12.4 Å². The minimum atomic E-state index is -3.18. The van der Waals surface area contributed by atoms with Gasteiger partial charge in [-0.25, -0.2) is 23.1 Å². The van der Waals surface area contributed by atoms with Gasteiger partial charge in [-0.1, -0.05) is 42.5 Å². The third-order valence-corrected chi connectivity index (χ3v) is 5.76. The van der Waals surface area contributed by atoms with Crippen LogP contribution in [0.4, 0.5) is 5.82 Å². The number of hydrogen-bond acceptors (Lipinski definition) is 5. The van der Waals surface area contributed by atoms with Gasteiger partial charge in [0, 0.05) is 30.6 Å². The summed E-state index contributed by atoms with van der Waals surface area (Å²) in [5.74, 6) is 1.90. The van der Waals surface area contributed by atoms with Crippen LogP contribution in [0.2, 0.25) is 0 Å². The number of sulfonamides is 1. The van der Waals surface area contributed by atoms with E-state index >= 15 is 0 Å². The zero-order valence-electron chi connectivity index (χ0n) is 15.9. The van der Waals surface area contributed by atoms with Gasteiger partial charge in [-0.05, 0) is 30.9 Å². The number of anilines is 1. The molecule has 1 aliphatic rings. The maximum absolute atomic E-state index is 11.5. The zero-order chi connectivity index (χ0) is 19.6. The van der Waals surface area contributed by atoms with Crippen molar-refractivity contribution in [1.82, 2.24) is 14.7 Å². The molecule has 0 radical (unpaired) electrons. The fourth-order valence-electron chi connectivity index (χ4n) is 3.71. The van der Waals surface area contributed by atoms with Crippen LogP contribution < -0.4 is 9.62 Å². The van der Waals surface area contributed by atoms with E-state index in [9.17, 15) is 8.42 Å². The third-order valence-electron chi connectivity index (χ3n) is 5.07. The molecule has 3 aromatic rings. The van der Waals surface area contributed by atoms with Gasteiger partial charge in [0.2, 0.25) is 10.0 Å². The largest absolute Gasteiger partial charge is 0.356 e. The number of fused-ring (bicyclic) bond motifs is 1. The summed E-state index contributed by atoms with van der Waals surface area (Å²) in [6.45, 7) is 2.15. The second-order valence-electron chi connectivity index (χ2n) is 7.33. The van der Waals surface area contributed by atoms with Crippen LogP contribution in [-0.2, 0) is 10.0 Å². The van der Waals surface area contributed by atoms with Gasteiger partial charge >= 0.3 is 0 Å². The zero-order valence-corrected chi connectivity index (χ0v) is 16.7. The summed E-state index contributed by atoms with van der Waals surface area (Å²) in [5.41, 5.74) is 1.91. The van der Waals surface area contributed by atoms with Crippen LogP contribution in [0.25, 0.3) is 22.3 Å². The Morgan fingerprint density at radius 1 is 1.07 bits per heavy atom. The first kappa shape index (κ1) is 18.8. The van der Waals surface area contributed by atoms with E-state index in [1.54, 1.807) is 0 Å². The molecule has 0 amide bonds. The van der Waals surface area contributed by atoms with E-state index in [1.165, 1.54) is 6.26 Å². The molecule has 1 N–H and O–H groups in total. The quantitative estimate of drug-likeness (QED) is 0.717. The second-order valence-corrected chi connectivity index (χ2v) is 9.16. The summed E-state index contributed by atoms with van der Waals surface area (Å²) in [6.07, 6.45) is 3.22. The van der Waals surface area contributed by atoms with Crippen molar-refractivity contribution in [1.29, 1.82) is 0 Å². The molecule has 28 heavy (non-hydrogen) atoms. The molecule has 7 heteroatoms. The van der Waals surface area contributed by atoms with Gasteiger partial charge in [0.15, 0.2) is 5.82 Å². The molecule has 6 nitrogen and oxygen atoms in total. The number of para-hydroxylation sites is 1. The number of nitrogens with one attached hydrogen (secondary N) is 1. The number of rotatable bonds is 5. The van der Waals surface area contributed by atoms with Crippen LogP contribution in [0.15, 0.2) is 54.6 Å². The second kappa shape index (κ2) is 7.85. The molecule has 0 saturated carbocycles. The molecule has 4 rings (SSSR count). The highest BCUT2D eigenvalue weighted by Gasteiger charge is 2.24. The van der Waals surface area contributed by atoms with E-state index in [0.717, 1.165) is 48.2 Å². The monoisotopic (exact) mass is 396 g/mol. The van der Waals surface area contributed by atoms with Gasteiger partial charge in [0.1, 0.15) is 5.82 Å². The lowest BCUT2D eigenvalue weighted by atomic mass is 9.98. The molecule has 0 aliphatic carbocycles. The lowest BCUT2D eigenvalue weighted by Gasteiger charge is -2.34. The van der Waals surface area contributed by atoms with Crippen LogP contribution in [0, 0.1) is 5.92 Å². The van der Waals surface area contributed by atoms with Crippen LogP contribution in [0.1, 0.15) is 12.8 Å². The molecule has 2 aromatic carbocycles. The molecular weight excluding hydrogens is 372 g/mol. The Morgan fingerprint density at radius 2 is 1.82 bits per heavy atom. The minimum Gasteiger partial charge on any atom is -0.356 e. The lowest BCUT2D eigenvalue weighted by Crippen LogP contribution is -2.41. The first-order chi connectivity index (χ1) is 13.5. The summed E-state index contributed by atoms with van der Waals surface area (Å²) < 4.78 is 25.6. The van der Waals surface area contributed by atoms with E-state index in [2.05, 4.69) is 15.7 Å². The number of piperidine rings is 1. The van der Waals surface area contributed by atoms with Gasteiger partial charge in [0.05, 0.1) is 11.8 Å². The Kier molecular flexibility index (Phi) is 5.28. The topological polar surface area (TPSA) is 75.2 Å². The van der Waals surface area contributed by atoms with Gasteiger partial charge in [0.25, 0.3) is 0 Å². The molecule has 1 fully saturated rings. The Hall–Kier alpha value is -2.51. The van der Waals surface area contributed by atoms with Crippen LogP contribution in [-0.4, -0.2) is 44.3 Å². The molecule has 2 heterocycles. The van der Waals surface area contributed by atoms with Crippen molar-refractivity contribution in [3.63, 3.8) is 0 Å².